The number of hydrogen-bond acceptors (Lipinski definition) is 1. The summed E-state index contributed by atoms with van der Waals surface area (Å²) in [5.41, 5.74) is 1.29. The molecule has 0 aromatic rings. The lowest BCUT2D eigenvalue weighted by Gasteiger charge is -2.68. The predicted molar refractivity (Wildman–Crippen MR) is 114 cm³/mol. The summed E-state index contributed by atoms with van der Waals surface area (Å²) in [7, 11) is 2.40. The molecule has 1 nitrogen and oxygen atoms in total. The number of rotatable bonds is 0. The van der Waals surface area contributed by atoms with Crippen LogP contribution in [0.2, 0.25) is 0 Å². The second-order valence-corrected chi connectivity index (χ2v) is 13.7. The van der Waals surface area contributed by atoms with E-state index in [1.54, 1.807) is 0 Å². The number of likely N-dealkylation sites (tertiary alicyclic amines) is 1. The predicted octanol–water partition coefficient (Wildman–Crippen LogP) is 7.11. The second kappa shape index (κ2) is 6.25. The largest absolute Gasteiger partial charge is 0.297 e. The fourth-order valence-corrected chi connectivity index (χ4v) is 6.43. The average molecular weight is 352 g/mol. The molecule has 0 aromatic heterocycles. The third kappa shape index (κ3) is 4.28. The third-order valence-corrected chi connectivity index (χ3v) is 6.99. The first-order chi connectivity index (χ1) is 10.6. The van der Waals surface area contributed by atoms with Gasteiger partial charge in [0, 0.05) is 11.6 Å². The van der Waals surface area contributed by atoms with Crippen LogP contribution in [0.15, 0.2) is 0 Å². The van der Waals surface area contributed by atoms with Crippen molar-refractivity contribution in [2.24, 2.45) is 39.4 Å². The summed E-state index contributed by atoms with van der Waals surface area (Å²) in [4.78, 5) is 2.75. The highest BCUT2D eigenvalue weighted by Crippen LogP contribution is 2.61. The molecule has 0 aromatic carbocycles. The van der Waals surface area contributed by atoms with Gasteiger partial charge in [-0.15, -0.1) is 0 Å². The van der Waals surface area contributed by atoms with Crippen LogP contribution in [-0.2, 0) is 0 Å². The van der Waals surface area contributed by atoms with E-state index in [1.807, 2.05) is 0 Å². The summed E-state index contributed by atoms with van der Waals surface area (Å²) in [6, 6.07) is 0.574. The lowest BCUT2D eigenvalue weighted by atomic mass is 9.45. The quantitative estimate of drug-likeness (QED) is 0.449. The highest BCUT2D eigenvalue weighted by molar-refractivity contribution is 5.13. The summed E-state index contributed by atoms with van der Waals surface area (Å²) >= 11 is 0. The van der Waals surface area contributed by atoms with Crippen molar-refractivity contribution in [2.75, 3.05) is 7.05 Å². The third-order valence-electron chi connectivity index (χ3n) is 6.99. The fourth-order valence-electron chi connectivity index (χ4n) is 6.43. The molecule has 1 fully saturated rings. The number of piperidine rings is 1. The first kappa shape index (κ1) is 23.0. The van der Waals surface area contributed by atoms with E-state index in [0.717, 1.165) is 0 Å². The van der Waals surface area contributed by atoms with Crippen molar-refractivity contribution in [2.45, 2.75) is 109 Å². The fraction of sp³-hybridized carbons (Fsp3) is 1.00. The summed E-state index contributed by atoms with van der Waals surface area (Å²) in [6.45, 7) is 34.6. The van der Waals surface area contributed by atoms with E-state index in [0.29, 0.717) is 23.8 Å². The van der Waals surface area contributed by atoms with Gasteiger partial charge in [-0.05, 0) is 60.3 Å². The number of hydrogen-bond donors (Lipinski definition) is 0. The zero-order valence-electron chi connectivity index (χ0n) is 20.3. The molecule has 1 aliphatic heterocycles. The summed E-state index contributed by atoms with van der Waals surface area (Å²) in [5.74, 6) is 1.99. The van der Waals surface area contributed by atoms with Crippen LogP contribution in [0.3, 0.4) is 0 Å². The zero-order chi connectivity index (χ0) is 20.4. The van der Waals surface area contributed by atoms with Crippen LogP contribution in [-0.4, -0.2) is 23.5 Å². The van der Waals surface area contributed by atoms with Gasteiger partial charge in [0.05, 0.1) is 0 Å². The lowest BCUT2D eigenvalue weighted by Crippen LogP contribution is -2.71. The Morgan fingerprint density at radius 3 is 1.16 bits per heavy atom. The van der Waals surface area contributed by atoms with Gasteiger partial charge in [0.1, 0.15) is 0 Å². The topological polar surface area (TPSA) is 3.24 Å². The molecule has 0 aliphatic carbocycles. The second-order valence-electron chi connectivity index (χ2n) is 13.7. The molecule has 1 saturated heterocycles. The Labute approximate surface area is 160 Å². The summed E-state index contributed by atoms with van der Waals surface area (Å²) < 4.78 is 0. The lowest BCUT2D eigenvalue weighted by molar-refractivity contribution is -0.194. The van der Waals surface area contributed by atoms with E-state index in [4.69, 9.17) is 0 Å². The molecule has 1 rings (SSSR count). The van der Waals surface area contributed by atoms with Crippen LogP contribution in [0.1, 0.15) is 96.9 Å². The maximum atomic E-state index is 2.75. The van der Waals surface area contributed by atoms with E-state index >= 15 is 0 Å². The summed E-state index contributed by atoms with van der Waals surface area (Å²) in [5, 5.41) is 0. The van der Waals surface area contributed by atoms with Crippen LogP contribution in [0, 0.1) is 39.4 Å². The Morgan fingerprint density at radius 1 is 0.560 bits per heavy atom. The molecule has 4 atom stereocenters. The Kier molecular flexibility index (Phi) is 5.75. The normalized spacial score (nSPS) is 32.8. The van der Waals surface area contributed by atoms with Crippen LogP contribution in [0.25, 0.3) is 0 Å². The Bertz CT molecular complexity index is 458. The first-order valence-electron chi connectivity index (χ1n) is 10.4. The molecular formula is C24H49N. The van der Waals surface area contributed by atoms with Crippen molar-refractivity contribution in [3.8, 4) is 0 Å². The van der Waals surface area contributed by atoms with Gasteiger partial charge in [0.15, 0.2) is 0 Å². The molecule has 1 heteroatoms. The van der Waals surface area contributed by atoms with Gasteiger partial charge in [0.2, 0.25) is 0 Å². The van der Waals surface area contributed by atoms with Crippen LogP contribution in [0.5, 0.6) is 0 Å². The molecule has 0 spiro atoms. The molecule has 150 valence electrons. The molecule has 1 heterocycles. The van der Waals surface area contributed by atoms with Crippen molar-refractivity contribution in [1.29, 1.82) is 0 Å². The van der Waals surface area contributed by atoms with Crippen molar-refractivity contribution in [3.05, 3.63) is 0 Å². The van der Waals surface area contributed by atoms with Gasteiger partial charge in [-0.2, -0.15) is 0 Å². The number of nitrogens with zero attached hydrogens (tertiary/aromatic N) is 1. The van der Waals surface area contributed by atoms with E-state index in [-0.39, 0.29) is 27.2 Å². The maximum Gasteiger partial charge on any atom is 0.0189 e. The van der Waals surface area contributed by atoms with E-state index in [2.05, 4.69) is 109 Å². The molecule has 0 bridgehead atoms. The molecule has 0 saturated carbocycles. The summed E-state index contributed by atoms with van der Waals surface area (Å²) in [6.07, 6.45) is 0. The minimum atomic E-state index is 0.176. The minimum Gasteiger partial charge on any atom is -0.297 e. The molecule has 1 aliphatic rings. The first-order valence-corrected chi connectivity index (χ1v) is 10.4. The van der Waals surface area contributed by atoms with Crippen LogP contribution >= 0.6 is 0 Å². The zero-order valence-corrected chi connectivity index (χ0v) is 20.3. The van der Waals surface area contributed by atoms with Gasteiger partial charge in [-0.3, -0.25) is 4.90 Å². The highest BCUT2D eigenvalue weighted by Gasteiger charge is 2.61. The van der Waals surface area contributed by atoms with Crippen molar-refractivity contribution in [1.82, 2.24) is 4.90 Å². The van der Waals surface area contributed by atoms with Crippen molar-refractivity contribution in [3.63, 3.8) is 0 Å². The Balaban J connectivity index is 3.82. The molecular weight excluding hydrogens is 302 g/mol. The maximum absolute atomic E-state index is 2.75. The molecule has 4 unspecified atom stereocenters. The van der Waals surface area contributed by atoms with E-state index < -0.39 is 0 Å². The smallest absolute Gasteiger partial charge is 0.0189 e. The molecule has 0 amide bonds. The van der Waals surface area contributed by atoms with Crippen LogP contribution < -0.4 is 0 Å². The van der Waals surface area contributed by atoms with Gasteiger partial charge >= 0.3 is 0 Å². The molecule has 25 heavy (non-hydrogen) atoms. The monoisotopic (exact) mass is 351 g/mol. The average Bonchev–Trinajstić information content (AvgIpc) is 2.24. The highest BCUT2D eigenvalue weighted by atomic mass is 15.2. The molecule has 0 N–H and O–H groups in total. The van der Waals surface area contributed by atoms with E-state index in [1.165, 1.54) is 0 Å². The van der Waals surface area contributed by atoms with Gasteiger partial charge in [-0.25, -0.2) is 0 Å². The Morgan fingerprint density at radius 2 is 0.920 bits per heavy atom. The SMILES string of the molecule is CN1C(C(C)(C)C)C(C(C)(C)C)C(C(C)(C)C)C(C(C)(C)C)C1(C)C. The van der Waals surface area contributed by atoms with Gasteiger partial charge in [0.25, 0.3) is 0 Å². The van der Waals surface area contributed by atoms with Crippen molar-refractivity contribution >= 4 is 0 Å². The van der Waals surface area contributed by atoms with Gasteiger partial charge in [-0.1, -0.05) is 83.1 Å². The Hall–Kier alpha value is -0.0400. The molecule has 0 radical (unpaired) electrons. The van der Waals surface area contributed by atoms with Gasteiger partial charge < -0.3 is 0 Å². The van der Waals surface area contributed by atoms with Crippen LogP contribution in [0.4, 0.5) is 0 Å². The standard InChI is InChI=1S/C24H49N/c1-20(2,3)16-17(21(4,5)6)19(23(10,11)12)25(15)24(13,14)18(16)22(7,8)9/h16-19H,1-15H3. The minimum absolute atomic E-state index is 0.176. The van der Waals surface area contributed by atoms with Crippen molar-refractivity contribution < 1.29 is 0 Å². The van der Waals surface area contributed by atoms with E-state index in [9.17, 15) is 0 Å².